The van der Waals surface area contributed by atoms with E-state index in [2.05, 4.69) is 62.5 Å². The Balaban J connectivity index is 0.00000312. The fourth-order valence-electron chi connectivity index (χ4n) is 3.12. The topological polar surface area (TPSA) is 32.3 Å². The summed E-state index contributed by atoms with van der Waals surface area (Å²) in [5.74, 6) is 0.632. The molecule has 3 heteroatoms. The number of benzene rings is 2. The Morgan fingerprint density at radius 2 is 1.76 bits per heavy atom. The van der Waals surface area contributed by atoms with Gasteiger partial charge in [0, 0.05) is 17.5 Å². The van der Waals surface area contributed by atoms with Crippen molar-refractivity contribution in [3.05, 3.63) is 65.2 Å². The molecule has 0 saturated heterocycles. The van der Waals surface area contributed by atoms with Gasteiger partial charge in [0.05, 0.1) is 0 Å². The van der Waals surface area contributed by atoms with E-state index in [9.17, 15) is 5.11 Å². The molecule has 0 fully saturated rings. The van der Waals surface area contributed by atoms with Crippen LogP contribution >= 0.6 is 12.4 Å². The number of unbranched alkanes of at least 4 members (excludes halogenated alkanes) is 1. The minimum Gasteiger partial charge on any atom is -0.508 e. The van der Waals surface area contributed by atoms with Crippen LogP contribution in [0.15, 0.2) is 48.5 Å². The average Bonchev–Trinajstić information content (AvgIpc) is 2.59. The number of nitrogens with one attached hydrogen (secondary N) is 1. The van der Waals surface area contributed by atoms with E-state index in [0.29, 0.717) is 11.8 Å². The molecule has 1 atom stereocenters. The molecule has 25 heavy (non-hydrogen) atoms. The molecule has 2 aromatic carbocycles. The molecule has 0 radical (unpaired) electrons. The second-order valence-electron chi connectivity index (χ2n) is 6.86. The van der Waals surface area contributed by atoms with Crippen LogP contribution in [0.2, 0.25) is 0 Å². The van der Waals surface area contributed by atoms with Gasteiger partial charge in [-0.05, 0) is 43.0 Å². The van der Waals surface area contributed by atoms with Crippen LogP contribution in [0.5, 0.6) is 5.75 Å². The van der Waals surface area contributed by atoms with Gasteiger partial charge in [-0.15, -0.1) is 12.4 Å². The van der Waals surface area contributed by atoms with Gasteiger partial charge >= 0.3 is 0 Å². The van der Waals surface area contributed by atoms with Gasteiger partial charge in [0.15, 0.2) is 0 Å². The zero-order valence-electron chi connectivity index (χ0n) is 15.7. The van der Waals surface area contributed by atoms with Crippen LogP contribution in [0.4, 0.5) is 0 Å². The standard InChI is InChI=1S/C22H31NO.ClH/c1-4-5-9-18-12-13-22(24)21(16-18)20(14-15-23-17(2)3)19-10-7-6-8-11-19;/h6-8,10-13,16-17,20,23-24H,4-5,9,14-15H2,1-3H3;1H. The summed E-state index contributed by atoms with van der Waals surface area (Å²) in [4.78, 5) is 0. The number of aromatic hydroxyl groups is 1. The highest BCUT2D eigenvalue weighted by Gasteiger charge is 2.18. The van der Waals surface area contributed by atoms with Gasteiger partial charge < -0.3 is 10.4 Å². The predicted octanol–water partition coefficient (Wildman–Crippen LogP) is 5.68. The van der Waals surface area contributed by atoms with Gasteiger partial charge in [-0.25, -0.2) is 0 Å². The third-order valence-corrected chi connectivity index (χ3v) is 4.47. The number of aryl methyl sites for hydroxylation is 1. The molecule has 0 aliphatic rings. The lowest BCUT2D eigenvalue weighted by molar-refractivity contribution is 0.459. The fraction of sp³-hybridized carbons (Fsp3) is 0.455. The van der Waals surface area contributed by atoms with Crippen LogP contribution < -0.4 is 5.32 Å². The molecule has 2 N–H and O–H groups in total. The number of hydrogen-bond donors (Lipinski definition) is 2. The Labute approximate surface area is 159 Å². The molecule has 0 heterocycles. The molecule has 0 saturated carbocycles. The second-order valence-corrected chi connectivity index (χ2v) is 6.86. The van der Waals surface area contributed by atoms with Gasteiger partial charge in [0.25, 0.3) is 0 Å². The lowest BCUT2D eigenvalue weighted by atomic mass is 9.86. The maximum absolute atomic E-state index is 10.5. The number of halogens is 1. The molecule has 0 spiro atoms. The third kappa shape index (κ3) is 6.72. The summed E-state index contributed by atoms with van der Waals surface area (Å²) in [5, 5.41) is 14.0. The Hall–Kier alpha value is -1.51. The first-order valence-electron chi connectivity index (χ1n) is 9.22. The summed E-state index contributed by atoms with van der Waals surface area (Å²) in [6, 6.07) is 17.1. The third-order valence-electron chi connectivity index (χ3n) is 4.47. The minimum absolute atomic E-state index is 0. The number of phenolic OH excluding ortho intramolecular Hbond substituents is 1. The molecule has 0 bridgehead atoms. The Morgan fingerprint density at radius 1 is 1.04 bits per heavy atom. The van der Waals surface area contributed by atoms with Crippen molar-refractivity contribution >= 4 is 12.4 Å². The Morgan fingerprint density at radius 3 is 2.40 bits per heavy atom. The molecule has 0 aliphatic heterocycles. The summed E-state index contributed by atoms with van der Waals surface area (Å²) in [6.07, 6.45) is 4.44. The minimum atomic E-state index is 0. The van der Waals surface area contributed by atoms with Crippen molar-refractivity contribution in [2.45, 2.75) is 58.4 Å². The van der Waals surface area contributed by atoms with Crippen molar-refractivity contribution in [1.82, 2.24) is 5.32 Å². The van der Waals surface area contributed by atoms with Crippen LogP contribution in [0, 0.1) is 0 Å². The maximum Gasteiger partial charge on any atom is 0.119 e. The largest absolute Gasteiger partial charge is 0.508 e. The molecule has 0 amide bonds. The van der Waals surface area contributed by atoms with Crippen LogP contribution in [0.3, 0.4) is 0 Å². The molecule has 1 unspecified atom stereocenters. The zero-order chi connectivity index (χ0) is 17.4. The summed E-state index contributed by atoms with van der Waals surface area (Å²) in [6.45, 7) is 7.49. The van der Waals surface area contributed by atoms with Crippen LogP contribution in [0.25, 0.3) is 0 Å². The first-order valence-corrected chi connectivity index (χ1v) is 9.22. The smallest absolute Gasteiger partial charge is 0.119 e. The zero-order valence-corrected chi connectivity index (χ0v) is 16.5. The number of hydrogen-bond acceptors (Lipinski definition) is 2. The van der Waals surface area contributed by atoms with Crippen molar-refractivity contribution in [1.29, 1.82) is 0 Å². The monoisotopic (exact) mass is 361 g/mol. The quantitative estimate of drug-likeness (QED) is 0.602. The summed E-state index contributed by atoms with van der Waals surface area (Å²) in [7, 11) is 0. The van der Waals surface area contributed by atoms with E-state index in [4.69, 9.17) is 0 Å². The molecular formula is C22H32ClNO. The van der Waals surface area contributed by atoms with Gasteiger partial charge in [-0.1, -0.05) is 69.7 Å². The van der Waals surface area contributed by atoms with Crippen molar-refractivity contribution in [3.8, 4) is 5.75 Å². The van der Waals surface area contributed by atoms with Gasteiger partial charge in [-0.3, -0.25) is 0 Å². The fourth-order valence-corrected chi connectivity index (χ4v) is 3.12. The van der Waals surface area contributed by atoms with Crippen LogP contribution in [-0.2, 0) is 6.42 Å². The van der Waals surface area contributed by atoms with Crippen molar-refractivity contribution in [2.24, 2.45) is 0 Å². The van der Waals surface area contributed by atoms with E-state index in [-0.39, 0.29) is 18.3 Å². The highest BCUT2D eigenvalue weighted by atomic mass is 35.5. The Kier molecular flexibility index (Phi) is 9.62. The molecule has 0 aliphatic carbocycles. The number of phenols is 1. The van der Waals surface area contributed by atoms with Crippen molar-refractivity contribution in [2.75, 3.05) is 6.54 Å². The van der Waals surface area contributed by atoms with Gasteiger partial charge in [0.1, 0.15) is 5.75 Å². The lowest BCUT2D eigenvalue weighted by Crippen LogP contribution is -2.25. The molecule has 2 nitrogen and oxygen atoms in total. The molecular weight excluding hydrogens is 330 g/mol. The summed E-state index contributed by atoms with van der Waals surface area (Å²) >= 11 is 0. The van der Waals surface area contributed by atoms with Gasteiger partial charge in [-0.2, -0.15) is 0 Å². The Bertz CT molecular complexity index is 613. The van der Waals surface area contributed by atoms with Crippen molar-refractivity contribution < 1.29 is 5.11 Å². The van der Waals surface area contributed by atoms with E-state index in [0.717, 1.165) is 24.9 Å². The first-order chi connectivity index (χ1) is 11.6. The summed E-state index contributed by atoms with van der Waals surface area (Å²) < 4.78 is 0. The molecule has 2 aromatic rings. The first kappa shape index (κ1) is 21.5. The highest BCUT2D eigenvalue weighted by molar-refractivity contribution is 5.85. The second kappa shape index (κ2) is 11.2. The molecule has 2 rings (SSSR count). The van der Waals surface area contributed by atoms with Gasteiger partial charge in [0.2, 0.25) is 0 Å². The normalized spacial score (nSPS) is 12.0. The van der Waals surface area contributed by atoms with Crippen LogP contribution in [0.1, 0.15) is 62.6 Å². The van der Waals surface area contributed by atoms with Crippen molar-refractivity contribution in [3.63, 3.8) is 0 Å². The predicted molar refractivity (Wildman–Crippen MR) is 110 cm³/mol. The average molecular weight is 362 g/mol. The van der Waals surface area contributed by atoms with E-state index in [1.165, 1.54) is 24.0 Å². The van der Waals surface area contributed by atoms with E-state index in [1.807, 2.05) is 12.1 Å². The maximum atomic E-state index is 10.5. The van der Waals surface area contributed by atoms with E-state index < -0.39 is 0 Å². The van der Waals surface area contributed by atoms with E-state index in [1.54, 1.807) is 0 Å². The number of rotatable bonds is 9. The van der Waals surface area contributed by atoms with E-state index >= 15 is 0 Å². The molecule has 0 aromatic heterocycles. The SMILES string of the molecule is CCCCc1ccc(O)c(C(CCNC(C)C)c2ccccc2)c1.Cl. The van der Waals surface area contributed by atoms with Crippen LogP contribution in [-0.4, -0.2) is 17.7 Å². The highest BCUT2D eigenvalue weighted by Crippen LogP contribution is 2.34. The lowest BCUT2D eigenvalue weighted by Gasteiger charge is -2.21. The summed E-state index contributed by atoms with van der Waals surface area (Å²) in [5.41, 5.74) is 3.65. The molecule has 138 valence electrons.